The monoisotopic (exact) mass is 168 g/mol. The molecule has 0 radical (unpaired) electrons. The lowest BCUT2D eigenvalue weighted by Crippen LogP contribution is -2.33. The van der Waals surface area contributed by atoms with Gasteiger partial charge in [0.25, 0.3) is 0 Å². The van der Waals surface area contributed by atoms with Gasteiger partial charge in [-0.25, -0.2) is 0 Å². The summed E-state index contributed by atoms with van der Waals surface area (Å²) in [7, 11) is 0. The highest BCUT2D eigenvalue weighted by Crippen LogP contribution is 2.43. The van der Waals surface area contributed by atoms with Gasteiger partial charge in [0, 0.05) is 0 Å². The number of hydrogen-bond donors (Lipinski definition) is 1. The molecule has 12 heavy (non-hydrogen) atoms. The van der Waals surface area contributed by atoms with E-state index in [1.54, 1.807) is 0 Å². The van der Waals surface area contributed by atoms with E-state index in [0.717, 1.165) is 12.3 Å². The second kappa shape index (κ2) is 3.02. The van der Waals surface area contributed by atoms with Crippen molar-refractivity contribution in [3.05, 3.63) is 0 Å². The largest absolute Gasteiger partial charge is 0.390 e. The van der Waals surface area contributed by atoms with Crippen molar-refractivity contribution >= 4 is 0 Å². The average molecular weight is 168 g/mol. The molecule has 1 heteroatoms. The van der Waals surface area contributed by atoms with Crippen LogP contribution < -0.4 is 0 Å². The molecule has 0 heterocycles. The third kappa shape index (κ3) is 1.82. The molecule has 0 aliphatic heterocycles. The van der Waals surface area contributed by atoms with Gasteiger partial charge in [0.2, 0.25) is 0 Å². The summed E-state index contributed by atoms with van der Waals surface area (Å²) in [6.07, 6.45) is 9.00. The first-order valence-electron chi connectivity index (χ1n) is 5.41. The van der Waals surface area contributed by atoms with E-state index < -0.39 is 0 Å². The van der Waals surface area contributed by atoms with Crippen molar-refractivity contribution in [3.8, 4) is 0 Å². The van der Waals surface area contributed by atoms with Crippen LogP contribution in [0.15, 0.2) is 0 Å². The molecule has 0 aromatic heterocycles. The predicted octanol–water partition coefficient (Wildman–Crippen LogP) is 2.73. The van der Waals surface area contributed by atoms with Gasteiger partial charge in [0.15, 0.2) is 0 Å². The molecule has 0 spiro atoms. The Labute approximate surface area is 75.2 Å². The van der Waals surface area contributed by atoms with Crippen molar-refractivity contribution in [2.75, 3.05) is 0 Å². The molecule has 2 aliphatic carbocycles. The van der Waals surface area contributed by atoms with Crippen molar-refractivity contribution in [2.45, 2.75) is 57.5 Å². The van der Waals surface area contributed by atoms with E-state index in [1.165, 1.54) is 38.5 Å². The van der Waals surface area contributed by atoms with Crippen molar-refractivity contribution in [1.82, 2.24) is 0 Å². The molecule has 2 rings (SSSR count). The molecule has 1 atom stereocenters. The third-order valence-electron chi connectivity index (χ3n) is 3.63. The Morgan fingerprint density at radius 3 is 2.25 bits per heavy atom. The highest BCUT2D eigenvalue weighted by molar-refractivity contribution is 4.90. The van der Waals surface area contributed by atoms with E-state index in [0.29, 0.717) is 5.92 Å². The maximum absolute atomic E-state index is 10.2. The molecule has 1 nitrogen and oxygen atoms in total. The SMILES string of the molecule is CC(O)(CC1CC1)C1CCCC1. The molecular formula is C11H20O. The van der Waals surface area contributed by atoms with Crippen LogP contribution in [0.3, 0.4) is 0 Å². The summed E-state index contributed by atoms with van der Waals surface area (Å²) in [6.45, 7) is 2.06. The Morgan fingerprint density at radius 1 is 1.17 bits per heavy atom. The van der Waals surface area contributed by atoms with Gasteiger partial charge in [-0.15, -0.1) is 0 Å². The summed E-state index contributed by atoms with van der Waals surface area (Å²) in [6, 6.07) is 0. The van der Waals surface area contributed by atoms with Crippen LogP contribution in [0.5, 0.6) is 0 Å². The lowest BCUT2D eigenvalue weighted by molar-refractivity contribution is -0.0111. The van der Waals surface area contributed by atoms with Gasteiger partial charge in [-0.1, -0.05) is 25.7 Å². The lowest BCUT2D eigenvalue weighted by Gasteiger charge is -2.30. The summed E-state index contributed by atoms with van der Waals surface area (Å²) in [4.78, 5) is 0. The lowest BCUT2D eigenvalue weighted by atomic mass is 9.83. The summed E-state index contributed by atoms with van der Waals surface area (Å²) in [5.41, 5.74) is -0.336. The zero-order valence-corrected chi connectivity index (χ0v) is 8.05. The first-order chi connectivity index (χ1) is 5.68. The van der Waals surface area contributed by atoms with Crippen molar-refractivity contribution in [1.29, 1.82) is 0 Å². The standard InChI is InChI=1S/C11H20O/c1-11(12,8-9-6-7-9)10-4-2-3-5-10/h9-10,12H,2-8H2,1H3. The predicted molar refractivity (Wildman–Crippen MR) is 49.9 cm³/mol. The molecule has 0 saturated heterocycles. The van der Waals surface area contributed by atoms with E-state index in [-0.39, 0.29) is 5.60 Å². The molecule has 2 saturated carbocycles. The molecule has 1 unspecified atom stereocenters. The van der Waals surface area contributed by atoms with Crippen LogP contribution in [-0.4, -0.2) is 10.7 Å². The van der Waals surface area contributed by atoms with E-state index in [9.17, 15) is 5.11 Å². The van der Waals surface area contributed by atoms with Gasteiger partial charge in [0.05, 0.1) is 5.60 Å². The molecule has 2 aliphatic rings. The quantitative estimate of drug-likeness (QED) is 0.687. The van der Waals surface area contributed by atoms with Crippen molar-refractivity contribution < 1.29 is 5.11 Å². The summed E-state index contributed by atoms with van der Waals surface area (Å²) in [5.74, 6) is 1.47. The fourth-order valence-electron chi connectivity index (χ4n) is 2.62. The minimum absolute atomic E-state index is 0.336. The van der Waals surface area contributed by atoms with E-state index in [1.807, 2.05) is 0 Å². The summed E-state index contributed by atoms with van der Waals surface area (Å²) in [5, 5.41) is 10.2. The smallest absolute Gasteiger partial charge is 0.0650 e. The van der Waals surface area contributed by atoms with Gasteiger partial charge in [-0.2, -0.15) is 0 Å². The molecule has 0 amide bonds. The Balaban J connectivity index is 1.88. The topological polar surface area (TPSA) is 20.2 Å². The normalized spacial score (nSPS) is 30.5. The van der Waals surface area contributed by atoms with Gasteiger partial charge in [-0.05, 0) is 38.0 Å². The molecular weight excluding hydrogens is 148 g/mol. The third-order valence-corrected chi connectivity index (χ3v) is 3.63. The van der Waals surface area contributed by atoms with Gasteiger partial charge < -0.3 is 5.11 Å². The van der Waals surface area contributed by atoms with Gasteiger partial charge >= 0.3 is 0 Å². The minimum Gasteiger partial charge on any atom is -0.390 e. The highest BCUT2D eigenvalue weighted by Gasteiger charge is 2.38. The van der Waals surface area contributed by atoms with Crippen LogP contribution in [0, 0.1) is 11.8 Å². The van der Waals surface area contributed by atoms with Crippen molar-refractivity contribution in [2.24, 2.45) is 11.8 Å². The van der Waals surface area contributed by atoms with Crippen LogP contribution >= 0.6 is 0 Å². The van der Waals surface area contributed by atoms with Crippen LogP contribution in [0.25, 0.3) is 0 Å². The van der Waals surface area contributed by atoms with Gasteiger partial charge in [0.1, 0.15) is 0 Å². The fourth-order valence-corrected chi connectivity index (χ4v) is 2.62. The summed E-state index contributed by atoms with van der Waals surface area (Å²) < 4.78 is 0. The van der Waals surface area contributed by atoms with Crippen molar-refractivity contribution in [3.63, 3.8) is 0 Å². The Bertz CT molecular complexity index is 152. The zero-order chi connectivity index (χ0) is 8.60. The van der Waals surface area contributed by atoms with Crippen LogP contribution in [-0.2, 0) is 0 Å². The molecule has 0 aromatic carbocycles. The molecule has 0 bridgehead atoms. The van der Waals surface area contributed by atoms with E-state index >= 15 is 0 Å². The van der Waals surface area contributed by atoms with Crippen LogP contribution in [0.1, 0.15) is 51.9 Å². The minimum atomic E-state index is -0.336. The highest BCUT2D eigenvalue weighted by atomic mass is 16.3. The molecule has 70 valence electrons. The Morgan fingerprint density at radius 2 is 1.75 bits per heavy atom. The first-order valence-corrected chi connectivity index (χ1v) is 5.41. The Hall–Kier alpha value is -0.0400. The first kappa shape index (κ1) is 8.55. The molecule has 0 aromatic rings. The number of rotatable bonds is 3. The number of aliphatic hydroxyl groups is 1. The summed E-state index contributed by atoms with van der Waals surface area (Å²) >= 11 is 0. The zero-order valence-electron chi connectivity index (χ0n) is 8.05. The van der Waals surface area contributed by atoms with E-state index in [2.05, 4.69) is 6.92 Å². The number of hydrogen-bond acceptors (Lipinski definition) is 1. The molecule has 1 N–H and O–H groups in total. The van der Waals surface area contributed by atoms with Crippen LogP contribution in [0.4, 0.5) is 0 Å². The average Bonchev–Trinajstić information content (AvgIpc) is 2.67. The molecule has 2 fully saturated rings. The second-order valence-corrected chi connectivity index (χ2v) is 4.99. The van der Waals surface area contributed by atoms with Crippen LogP contribution in [0.2, 0.25) is 0 Å². The maximum Gasteiger partial charge on any atom is 0.0650 e. The Kier molecular flexibility index (Phi) is 2.16. The van der Waals surface area contributed by atoms with Gasteiger partial charge in [-0.3, -0.25) is 0 Å². The maximum atomic E-state index is 10.2. The fraction of sp³-hybridized carbons (Fsp3) is 1.00. The second-order valence-electron chi connectivity index (χ2n) is 4.99. The van der Waals surface area contributed by atoms with E-state index in [4.69, 9.17) is 0 Å².